The number of carbonyl (C=O) groups is 1. The number of esters is 1. The number of anilines is 3. The molecule has 0 bridgehead atoms. The molecule has 1 aromatic heterocycles. The van der Waals surface area contributed by atoms with Crippen LogP contribution in [0.1, 0.15) is 23.4 Å². The minimum Gasteiger partial charge on any atom is -0.493 e. The third-order valence-corrected chi connectivity index (χ3v) is 3.96. The molecule has 3 aromatic rings. The number of rotatable bonds is 8. The van der Waals surface area contributed by atoms with Crippen LogP contribution in [0.2, 0.25) is 0 Å². The van der Waals surface area contributed by atoms with Crippen molar-refractivity contribution in [3.8, 4) is 5.75 Å². The molecule has 0 aliphatic rings. The van der Waals surface area contributed by atoms with Gasteiger partial charge in [-0.15, -0.1) is 0 Å². The molecular weight excluding hydrogens is 370 g/mol. The second-order valence-corrected chi connectivity index (χ2v) is 6.50. The summed E-state index contributed by atoms with van der Waals surface area (Å²) in [6.45, 7) is 4.12. The van der Waals surface area contributed by atoms with Crippen molar-refractivity contribution in [1.82, 2.24) is 15.0 Å². The van der Waals surface area contributed by atoms with Crippen LogP contribution in [0.5, 0.6) is 5.75 Å². The number of hydrogen-bond donors (Lipinski definition) is 2. The summed E-state index contributed by atoms with van der Waals surface area (Å²) in [6, 6.07) is 15.4. The van der Waals surface area contributed by atoms with Gasteiger partial charge in [-0.1, -0.05) is 35.4 Å². The van der Waals surface area contributed by atoms with E-state index in [9.17, 15) is 4.79 Å². The number of nitrogens with two attached hydrogens (primary N) is 1. The molecule has 8 nitrogen and oxygen atoms in total. The first-order valence-corrected chi connectivity index (χ1v) is 9.17. The van der Waals surface area contributed by atoms with E-state index in [1.807, 2.05) is 62.4 Å². The van der Waals surface area contributed by atoms with E-state index < -0.39 is 5.97 Å². The third kappa shape index (κ3) is 6.46. The number of nitrogens with zero attached hydrogens (tertiary/aromatic N) is 3. The highest BCUT2D eigenvalue weighted by molar-refractivity contribution is 5.69. The summed E-state index contributed by atoms with van der Waals surface area (Å²) in [4.78, 5) is 24.2. The van der Waals surface area contributed by atoms with Crippen molar-refractivity contribution in [2.24, 2.45) is 0 Å². The Morgan fingerprint density at radius 3 is 2.31 bits per heavy atom. The van der Waals surface area contributed by atoms with Gasteiger partial charge >= 0.3 is 5.97 Å². The maximum absolute atomic E-state index is 11.9. The number of aromatic nitrogens is 3. The summed E-state index contributed by atoms with van der Waals surface area (Å²) >= 11 is 0. The van der Waals surface area contributed by atoms with Gasteiger partial charge in [0.2, 0.25) is 11.9 Å². The lowest BCUT2D eigenvalue weighted by atomic mass is 10.2. The summed E-state index contributed by atoms with van der Waals surface area (Å²) in [7, 11) is 0. The van der Waals surface area contributed by atoms with Gasteiger partial charge in [0.25, 0.3) is 0 Å². The summed E-state index contributed by atoms with van der Waals surface area (Å²) in [5.41, 5.74) is 8.84. The number of nitrogen functional groups attached to an aromatic ring is 1. The highest BCUT2D eigenvalue weighted by Crippen LogP contribution is 2.15. The van der Waals surface area contributed by atoms with Crippen LogP contribution in [0.25, 0.3) is 0 Å². The van der Waals surface area contributed by atoms with E-state index in [1.54, 1.807) is 0 Å². The fraction of sp³-hybridized carbons (Fsp3) is 0.238. The fourth-order valence-corrected chi connectivity index (χ4v) is 2.43. The molecule has 3 N–H and O–H groups in total. The Morgan fingerprint density at radius 1 is 0.966 bits per heavy atom. The molecule has 0 unspecified atom stereocenters. The van der Waals surface area contributed by atoms with E-state index in [4.69, 9.17) is 15.2 Å². The van der Waals surface area contributed by atoms with Crippen molar-refractivity contribution in [2.45, 2.75) is 26.9 Å². The van der Waals surface area contributed by atoms with Crippen LogP contribution < -0.4 is 15.8 Å². The zero-order valence-electron chi connectivity index (χ0n) is 16.4. The van der Waals surface area contributed by atoms with Crippen molar-refractivity contribution >= 4 is 23.6 Å². The van der Waals surface area contributed by atoms with Crippen LogP contribution in [0.4, 0.5) is 17.6 Å². The number of benzene rings is 2. The molecule has 0 saturated heterocycles. The SMILES string of the molecule is Cc1ccc(Nc2nc(N)nc(COC(=O)CCOc3ccc(C)cc3)n2)cc1. The molecule has 0 radical (unpaired) electrons. The van der Waals surface area contributed by atoms with Gasteiger partial charge in [-0.2, -0.15) is 15.0 Å². The van der Waals surface area contributed by atoms with Gasteiger partial charge in [0.05, 0.1) is 13.0 Å². The molecule has 0 amide bonds. The zero-order valence-corrected chi connectivity index (χ0v) is 16.4. The van der Waals surface area contributed by atoms with Crippen molar-refractivity contribution in [1.29, 1.82) is 0 Å². The van der Waals surface area contributed by atoms with E-state index in [1.165, 1.54) is 0 Å². The average Bonchev–Trinajstić information content (AvgIpc) is 2.69. The summed E-state index contributed by atoms with van der Waals surface area (Å²) in [5, 5.41) is 3.05. The first-order chi connectivity index (χ1) is 14.0. The van der Waals surface area contributed by atoms with Crippen LogP contribution in [0.15, 0.2) is 48.5 Å². The highest BCUT2D eigenvalue weighted by Gasteiger charge is 2.09. The standard InChI is InChI=1S/C21H23N5O3/c1-14-3-7-16(8-4-14)23-21-25-18(24-20(22)26-21)13-29-19(27)11-12-28-17-9-5-15(2)6-10-17/h3-10H,11-13H2,1-2H3,(H3,22,23,24,25,26). The molecule has 3 rings (SSSR count). The first-order valence-electron chi connectivity index (χ1n) is 9.17. The van der Waals surface area contributed by atoms with Gasteiger partial charge < -0.3 is 20.5 Å². The lowest BCUT2D eigenvalue weighted by Gasteiger charge is -2.09. The second kappa shape index (κ2) is 9.50. The molecule has 0 atom stereocenters. The lowest BCUT2D eigenvalue weighted by Crippen LogP contribution is -2.13. The lowest BCUT2D eigenvalue weighted by molar-refractivity contribution is -0.145. The Balaban J connectivity index is 1.49. The number of aryl methyl sites for hydroxylation is 2. The maximum Gasteiger partial charge on any atom is 0.309 e. The number of ether oxygens (including phenoxy) is 2. The van der Waals surface area contributed by atoms with Crippen molar-refractivity contribution < 1.29 is 14.3 Å². The molecule has 0 saturated carbocycles. The van der Waals surface area contributed by atoms with Crippen LogP contribution in [0, 0.1) is 13.8 Å². The minimum absolute atomic E-state index is 0.0448. The second-order valence-electron chi connectivity index (χ2n) is 6.50. The van der Waals surface area contributed by atoms with Gasteiger partial charge in [0.1, 0.15) is 5.75 Å². The smallest absolute Gasteiger partial charge is 0.309 e. The first kappa shape index (κ1) is 20.1. The molecule has 2 aromatic carbocycles. The number of hydrogen-bond acceptors (Lipinski definition) is 8. The number of carbonyl (C=O) groups excluding carboxylic acids is 1. The highest BCUT2D eigenvalue weighted by atomic mass is 16.5. The Hall–Kier alpha value is -3.68. The molecule has 29 heavy (non-hydrogen) atoms. The van der Waals surface area contributed by atoms with E-state index in [-0.39, 0.29) is 37.4 Å². The van der Waals surface area contributed by atoms with Crippen molar-refractivity contribution in [2.75, 3.05) is 17.7 Å². The van der Waals surface area contributed by atoms with Crippen LogP contribution in [0.3, 0.4) is 0 Å². The summed E-state index contributed by atoms with van der Waals surface area (Å²) in [6.07, 6.45) is 0.114. The Bertz CT molecular complexity index is 959. The van der Waals surface area contributed by atoms with E-state index in [2.05, 4.69) is 20.3 Å². The quantitative estimate of drug-likeness (QED) is 0.561. The molecular formula is C21H23N5O3. The maximum atomic E-state index is 11.9. The van der Waals surface area contributed by atoms with Crippen molar-refractivity contribution in [3.05, 3.63) is 65.5 Å². The molecule has 0 aliphatic carbocycles. The monoisotopic (exact) mass is 393 g/mol. The number of nitrogens with one attached hydrogen (secondary N) is 1. The molecule has 0 fully saturated rings. The Labute approximate surface area is 169 Å². The van der Waals surface area contributed by atoms with Gasteiger partial charge in [0, 0.05) is 5.69 Å². The van der Waals surface area contributed by atoms with Gasteiger partial charge in [-0.25, -0.2) is 0 Å². The normalized spacial score (nSPS) is 10.4. The van der Waals surface area contributed by atoms with Crippen LogP contribution >= 0.6 is 0 Å². The molecule has 0 spiro atoms. The van der Waals surface area contributed by atoms with E-state index in [0.29, 0.717) is 5.75 Å². The molecule has 8 heteroatoms. The van der Waals surface area contributed by atoms with Gasteiger partial charge in [-0.3, -0.25) is 4.79 Å². The van der Waals surface area contributed by atoms with E-state index in [0.717, 1.165) is 16.8 Å². The minimum atomic E-state index is -0.413. The predicted molar refractivity (Wildman–Crippen MR) is 110 cm³/mol. The zero-order chi connectivity index (χ0) is 20.6. The van der Waals surface area contributed by atoms with Gasteiger partial charge in [0.15, 0.2) is 12.4 Å². The van der Waals surface area contributed by atoms with Crippen LogP contribution in [-0.4, -0.2) is 27.5 Å². The largest absolute Gasteiger partial charge is 0.493 e. The molecule has 1 heterocycles. The third-order valence-electron chi connectivity index (χ3n) is 3.96. The topological polar surface area (TPSA) is 112 Å². The summed E-state index contributed by atoms with van der Waals surface area (Å²) < 4.78 is 10.7. The summed E-state index contributed by atoms with van der Waals surface area (Å²) in [5.74, 6) is 0.892. The van der Waals surface area contributed by atoms with Crippen molar-refractivity contribution in [3.63, 3.8) is 0 Å². The van der Waals surface area contributed by atoms with Crippen LogP contribution in [-0.2, 0) is 16.1 Å². The average molecular weight is 393 g/mol. The fourth-order valence-electron chi connectivity index (χ4n) is 2.43. The predicted octanol–water partition coefficient (Wildman–Crippen LogP) is 3.33. The van der Waals surface area contributed by atoms with E-state index >= 15 is 0 Å². The van der Waals surface area contributed by atoms with Gasteiger partial charge in [-0.05, 0) is 38.1 Å². The Morgan fingerprint density at radius 2 is 1.62 bits per heavy atom. The molecule has 0 aliphatic heterocycles. The Kier molecular flexibility index (Phi) is 6.57. The molecule has 150 valence electrons.